The van der Waals surface area contributed by atoms with Crippen LogP contribution in [0.2, 0.25) is 0 Å². The first kappa shape index (κ1) is 14.4. The van der Waals surface area contributed by atoms with Crippen LogP contribution in [-0.2, 0) is 5.92 Å². The zero-order chi connectivity index (χ0) is 13.7. The SMILES string of the molecule is NCCC1CCN(CC(F)(F)c2ccccc2)CC1. The molecule has 0 saturated carbocycles. The number of piperidine rings is 1. The van der Waals surface area contributed by atoms with Crippen LogP contribution in [0.15, 0.2) is 30.3 Å². The summed E-state index contributed by atoms with van der Waals surface area (Å²) in [5.41, 5.74) is 5.65. The molecule has 19 heavy (non-hydrogen) atoms. The van der Waals surface area contributed by atoms with Gasteiger partial charge in [0.15, 0.2) is 0 Å². The minimum absolute atomic E-state index is 0.110. The number of rotatable bonds is 5. The Labute approximate surface area is 113 Å². The van der Waals surface area contributed by atoms with E-state index in [1.54, 1.807) is 18.2 Å². The van der Waals surface area contributed by atoms with Gasteiger partial charge in [-0.2, -0.15) is 8.78 Å². The van der Waals surface area contributed by atoms with E-state index in [0.717, 1.165) is 32.4 Å². The summed E-state index contributed by atoms with van der Waals surface area (Å²) in [6.45, 7) is 2.04. The molecule has 0 amide bonds. The van der Waals surface area contributed by atoms with Gasteiger partial charge in [-0.25, -0.2) is 0 Å². The molecular formula is C15H22F2N2. The van der Waals surface area contributed by atoms with Crippen molar-refractivity contribution in [1.82, 2.24) is 4.90 Å². The van der Waals surface area contributed by atoms with Crippen LogP contribution in [0.4, 0.5) is 8.78 Å². The lowest BCUT2D eigenvalue weighted by Gasteiger charge is -2.34. The Hall–Kier alpha value is -1.00. The maximum absolute atomic E-state index is 14.1. The van der Waals surface area contributed by atoms with Crippen LogP contribution in [0.3, 0.4) is 0 Å². The predicted molar refractivity (Wildman–Crippen MR) is 73.2 cm³/mol. The zero-order valence-corrected chi connectivity index (χ0v) is 11.2. The summed E-state index contributed by atoms with van der Waals surface area (Å²) in [7, 11) is 0. The quantitative estimate of drug-likeness (QED) is 0.889. The second-order valence-electron chi connectivity index (χ2n) is 5.37. The number of nitrogens with two attached hydrogens (primary N) is 1. The Morgan fingerprint density at radius 3 is 2.37 bits per heavy atom. The summed E-state index contributed by atoms with van der Waals surface area (Å²) >= 11 is 0. The second-order valence-corrected chi connectivity index (χ2v) is 5.37. The second kappa shape index (κ2) is 6.44. The van der Waals surface area contributed by atoms with Gasteiger partial charge < -0.3 is 5.73 Å². The molecule has 2 N–H and O–H groups in total. The van der Waals surface area contributed by atoms with E-state index in [4.69, 9.17) is 5.73 Å². The molecule has 1 aromatic rings. The van der Waals surface area contributed by atoms with E-state index in [9.17, 15) is 8.78 Å². The van der Waals surface area contributed by atoms with Gasteiger partial charge in [0.1, 0.15) is 0 Å². The molecule has 106 valence electrons. The fourth-order valence-electron chi connectivity index (χ4n) is 2.72. The van der Waals surface area contributed by atoms with Crippen molar-refractivity contribution in [2.45, 2.75) is 25.2 Å². The normalized spacial score (nSPS) is 18.7. The van der Waals surface area contributed by atoms with E-state index in [0.29, 0.717) is 12.5 Å². The minimum atomic E-state index is -2.76. The van der Waals surface area contributed by atoms with E-state index < -0.39 is 5.92 Å². The summed E-state index contributed by atoms with van der Waals surface area (Å²) in [5, 5.41) is 0. The lowest BCUT2D eigenvalue weighted by Crippen LogP contribution is -2.40. The van der Waals surface area contributed by atoms with Crippen molar-refractivity contribution in [3.8, 4) is 0 Å². The van der Waals surface area contributed by atoms with E-state index in [2.05, 4.69) is 0 Å². The van der Waals surface area contributed by atoms with E-state index in [-0.39, 0.29) is 12.1 Å². The molecule has 1 aliphatic rings. The van der Waals surface area contributed by atoms with Gasteiger partial charge in [0.05, 0.1) is 6.54 Å². The van der Waals surface area contributed by atoms with Gasteiger partial charge in [0, 0.05) is 5.56 Å². The highest BCUT2D eigenvalue weighted by Gasteiger charge is 2.34. The van der Waals surface area contributed by atoms with Gasteiger partial charge >= 0.3 is 0 Å². The molecule has 0 aromatic heterocycles. The highest BCUT2D eigenvalue weighted by Crippen LogP contribution is 2.30. The van der Waals surface area contributed by atoms with E-state index in [1.165, 1.54) is 12.1 Å². The standard InChI is InChI=1S/C15H22F2N2/c16-15(17,14-4-2-1-3-5-14)12-19-10-7-13(6-9-18)8-11-19/h1-5,13H,6-12,18H2. The average molecular weight is 268 g/mol. The molecule has 2 rings (SSSR count). The number of halogens is 2. The van der Waals surface area contributed by atoms with Crippen molar-refractivity contribution in [3.05, 3.63) is 35.9 Å². The molecule has 0 radical (unpaired) electrons. The summed E-state index contributed by atoms with van der Waals surface area (Å²) in [5.74, 6) is -2.14. The van der Waals surface area contributed by atoms with E-state index >= 15 is 0 Å². The third-order valence-electron chi connectivity index (χ3n) is 3.90. The molecule has 4 heteroatoms. The Balaban J connectivity index is 1.88. The monoisotopic (exact) mass is 268 g/mol. The highest BCUT2D eigenvalue weighted by molar-refractivity contribution is 5.20. The Morgan fingerprint density at radius 1 is 1.16 bits per heavy atom. The highest BCUT2D eigenvalue weighted by atomic mass is 19.3. The van der Waals surface area contributed by atoms with Crippen molar-refractivity contribution in [2.75, 3.05) is 26.2 Å². The van der Waals surface area contributed by atoms with Crippen LogP contribution in [0.25, 0.3) is 0 Å². The van der Waals surface area contributed by atoms with Crippen LogP contribution < -0.4 is 5.73 Å². The van der Waals surface area contributed by atoms with Gasteiger partial charge in [-0.05, 0) is 44.8 Å². The maximum atomic E-state index is 14.1. The number of benzene rings is 1. The van der Waals surface area contributed by atoms with Crippen molar-refractivity contribution in [2.24, 2.45) is 11.7 Å². The third-order valence-corrected chi connectivity index (χ3v) is 3.90. The van der Waals surface area contributed by atoms with Crippen molar-refractivity contribution >= 4 is 0 Å². The van der Waals surface area contributed by atoms with Gasteiger partial charge in [0.2, 0.25) is 0 Å². The van der Waals surface area contributed by atoms with Gasteiger partial charge in [-0.15, -0.1) is 0 Å². The number of nitrogens with zero attached hydrogens (tertiary/aromatic N) is 1. The lowest BCUT2D eigenvalue weighted by molar-refractivity contribution is -0.0447. The molecule has 1 aliphatic heterocycles. The first-order valence-electron chi connectivity index (χ1n) is 6.97. The number of hydrogen-bond donors (Lipinski definition) is 1. The summed E-state index contributed by atoms with van der Waals surface area (Å²) < 4.78 is 28.2. The van der Waals surface area contributed by atoms with Crippen LogP contribution >= 0.6 is 0 Å². The van der Waals surface area contributed by atoms with Crippen molar-refractivity contribution < 1.29 is 8.78 Å². The summed E-state index contributed by atoms with van der Waals surface area (Å²) in [6.07, 6.45) is 2.99. The predicted octanol–water partition coefficient (Wildman–Crippen LogP) is 2.84. The third kappa shape index (κ3) is 3.98. The Morgan fingerprint density at radius 2 is 1.79 bits per heavy atom. The van der Waals surface area contributed by atoms with Crippen molar-refractivity contribution in [1.29, 1.82) is 0 Å². The molecule has 1 fully saturated rings. The average Bonchev–Trinajstić information content (AvgIpc) is 2.42. The van der Waals surface area contributed by atoms with E-state index in [1.807, 2.05) is 4.90 Å². The Kier molecular flexibility index (Phi) is 4.88. The molecular weight excluding hydrogens is 246 g/mol. The minimum Gasteiger partial charge on any atom is -0.330 e. The largest absolute Gasteiger partial charge is 0.330 e. The zero-order valence-electron chi connectivity index (χ0n) is 11.2. The topological polar surface area (TPSA) is 29.3 Å². The molecule has 0 atom stereocenters. The van der Waals surface area contributed by atoms with Crippen LogP contribution in [-0.4, -0.2) is 31.1 Å². The molecule has 1 heterocycles. The molecule has 1 saturated heterocycles. The van der Waals surface area contributed by atoms with Gasteiger partial charge in [-0.1, -0.05) is 30.3 Å². The molecule has 0 spiro atoms. The number of likely N-dealkylation sites (tertiary alicyclic amines) is 1. The smallest absolute Gasteiger partial charge is 0.285 e. The Bertz CT molecular complexity index is 373. The molecule has 2 nitrogen and oxygen atoms in total. The van der Waals surface area contributed by atoms with Crippen LogP contribution in [0, 0.1) is 5.92 Å². The van der Waals surface area contributed by atoms with Crippen LogP contribution in [0.5, 0.6) is 0 Å². The molecule has 0 bridgehead atoms. The summed E-state index contributed by atoms with van der Waals surface area (Å²) in [4.78, 5) is 1.88. The fourth-order valence-corrected chi connectivity index (χ4v) is 2.72. The first-order chi connectivity index (χ1) is 9.12. The molecule has 1 aromatic carbocycles. The maximum Gasteiger partial charge on any atom is 0.285 e. The van der Waals surface area contributed by atoms with Gasteiger partial charge in [0.25, 0.3) is 5.92 Å². The molecule has 0 unspecified atom stereocenters. The van der Waals surface area contributed by atoms with Crippen LogP contribution in [0.1, 0.15) is 24.8 Å². The summed E-state index contributed by atoms with van der Waals surface area (Å²) in [6, 6.07) is 8.09. The molecule has 0 aliphatic carbocycles. The lowest BCUT2D eigenvalue weighted by atomic mass is 9.93. The first-order valence-corrected chi connectivity index (χ1v) is 6.97. The van der Waals surface area contributed by atoms with Crippen molar-refractivity contribution in [3.63, 3.8) is 0 Å². The van der Waals surface area contributed by atoms with Gasteiger partial charge in [-0.3, -0.25) is 4.90 Å². The number of alkyl halides is 2. The fraction of sp³-hybridized carbons (Fsp3) is 0.600. The number of hydrogen-bond acceptors (Lipinski definition) is 2.